The van der Waals surface area contributed by atoms with E-state index in [1.165, 1.54) is 18.2 Å². The molecular formula is C20H13N3O4S2. The lowest BCUT2D eigenvalue weighted by atomic mass is 10.1. The number of hydrogen-bond donors (Lipinski definition) is 3. The molecule has 0 unspecified atom stereocenters. The Hall–Kier alpha value is -3.43. The van der Waals surface area contributed by atoms with Crippen molar-refractivity contribution in [1.29, 1.82) is 0 Å². The number of fused-ring (bicyclic) bond motifs is 1. The van der Waals surface area contributed by atoms with Crippen molar-refractivity contribution in [2.75, 3.05) is 0 Å². The van der Waals surface area contributed by atoms with Gasteiger partial charge >= 0.3 is 0 Å². The smallest absolute Gasteiger partial charge is 0.285 e. The zero-order valence-corrected chi connectivity index (χ0v) is 16.3. The van der Waals surface area contributed by atoms with Gasteiger partial charge in [0.1, 0.15) is 5.75 Å². The number of aromatic hydroxyl groups is 1. The van der Waals surface area contributed by atoms with E-state index in [0.29, 0.717) is 16.5 Å². The fourth-order valence-electron chi connectivity index (χ4n) is 2.87. The summed E-state index contributed by atoms with van der Waals surface area (Å²) in [6.45, 7) is 0. The van der Waals surface area contributed by atoms with Crippen LogP contribution >= 0.6 is 24.0 Å². The zero-order valence-electron chi connectivity index (χ0n) is 14.7. The largest absolute Gasteiger partial charge is 0.507 e. The second kappa shape index (κ2) is 7.53. The Balaban J connectivity index is 1.63. The van der Waals surface area contributed by atoms with Crippen LogP contribution < -0.4 is 11.0 Å². The molecule has 1 aromatic heterocycles. The van der Waals surface area contributed by atoms with E-state index in [1.54, 1.807) is 42.5 Å². The molecule has 0 aliphatic carbocycles. The number of carbonyl (C=O) groups is 2. The molecule has 29 heavy (non-hydrogen) atoms. The van der Waals surface area contributed by atoms with Gasteiger partial charge in [0.25, 0.3) is 11.8 Å². The number of aromatic nitrogens is 1. The summed E-state index contributed by atoms with van der Waals surface area (Å²) in [6, 6.07) is 14.6. The minimum atomic E-state index is -0.632. The Morgan fingerprint density at radius 1 is 1.14 bits per heavy atom. The normalized spacial score (nSPS) is 15.3. The number of hydrazine groups is 1. The number of phenols is 1. The van der Waals surface area contributed by atoms with Gasteiger partial charge in [0.15, 0.2) is 4.32 Å². The fourth-order valence-corrected chi connectivity index (χ4v) is 4.04. The molecule has 9 heteroatoms. The van der Waals surface area contributed by atoms with Crippen LogP contribution in [0.5, 0.6) is 5.75 Å². The first kappa shape index (κ1) is 18.9. The maximum atomic E-state index is 12.8. The number of pyridine rings is 1. The molecule has 1 aliphatic rings. The SMILES string of the molecule is O=C(NN1C(=O)/C(=C/c2ccccc2O)SC1=S)c1cc(=O)[nH]c2ccccc12. The second-order valence-electron chi connectivity index (χ2n) is 6.11. The number of benzene rings is 2. The highest BCUT2D eigenvalue weighted by Crippen LogP contribution is 2.33. The Morgan fingerprint density at radius 2 is 1.86 bits per heavy atom. The van der Waals surface area contributed by atoms with E-state index in [4.69, 9.17) is 12.2 Å². The molecule has 0 radical (unpaired) electrons. The molecule has 3 N–H and O–H groups in total. The Bertz CT molecular complexity index is 1270. The van der Waals surface area contributed by atoms with Crippen LogP contribution in [0.25, 0.3) is 17.0 Å². The molecule has 2 heterocycles. The van der Waals surface area contributed by atoms with E-state index >= 15 is 0 Å². The molecule has 2 aromatic carbocycles. The monoisotopic (exact) mass is 423 g/mol. The van der Waals surface area contributed by atoms with Crippen LogP contribution in [-0.4, -0.2) is 31.2 Å². The Kier molecular flexibility index (Phi) is 4.91. The summed E-state index contributed by atoms with van der Waals surface area (Å²) in [6.07, 6.45) is 1.50. The van der Waals surface area contributed by atoms with Crippen LogP contribution in [0.4, 0.5) is 0 Å². The van der Waals surface area contributed by atoms with Gasteiger partial charge in [-0.1, -0.05) is 48.2 Å². The third-order valence-corrected chi connectivity index (χ3v) is 5.53. The lowest BCUT2D eigenvalue weighted by Gasteiger charge is -2.16. The van der Waals surface area contributed by atoms with Crippen molar-refractivity contribution in [1.82, 2.24) is 15.4 Å². The molecule has 3 aromatic rings. The molecule has 0 saturated carbocycles. The predicted octanol–water partition coefficient (Wildman–Crippen LogP) is 2.78. The first-order valence-electron chi connectivity index (χ1n) is 8.43. The van der Waals surface area contributed by atoms with E-state index < -0.39 is 17.4 Å². The van der Waals surface area contributed by atoms with Crippen LogP contribution in [0, 0.1) is 0 Å². The van der Waals surface area contributed by atoms with E-state index in [1.807, 2.05) is 0 Å². The summed E-state index contributed by atoms with van der Waals surface area (Å²) in [4.78, 5) is 40.3. The number of amides is 2. The Labute approximate surface area is 174 Å². The van der Waals surface area contributed by atoms with Crippen LogP contribution in [0.2, 0.25) is 0 Å². The molecule has 4 rings (SSSR count). The first-order chi connectivity index (χ1) is 13.9. The standard InChI is InChI=1S/C20H13N3O4S2/c24-15-8-4-1-5-11(15)9-16-19(27)23(20(28)29-16)22-18(26)13-10-17(25)21-14-7-3-2-6-12(13)14/h1-10,24H,(H,21,25)(H,22,26)/b16-9-. The average molecular weight is 423 g/mol. The quantitative estimate of drug-likeness (QED) is 0.442. The zero-order chi connectivity index (χ0) is 20.5. The lowest BCUT2D eigenvalue weighted by Crippen LogP contribution is -2.45. The molecule has 144 valence electrons. The molecule has 1 saturated heterocycles. The fraction of sp³-hybridized carbons (Fsp3) is 0. The summed E-state index contributed by atoms with van der Waals surface area (Å²) < 4.78 is 0.138. The van der Waals surface area contributed by atoms with Crippen molar-refractivity contribution in [3.05, 3.63) is 81.0 Å². The minimum Gasteiger partial charge on any atom is -0.507 e. The van der Waals surface area contributed by atoms with Gasteiger partial charge < -0.3 is 10.1 Å². The number of para-hydroxylation sites is 2. The van der Waals surface area contributed by atoms with Crippen molar-refractivity contribution in [3.8, 4) is 5.75 Å². The number of hydrogen-bond acceptors (Lipinski definition) is 6. The lowest BCUT2D eigenvalue weighted by molar-refractivity contribution is -0.123. The Morgan fingerprint density at radius 3 is 2.66 bits per heavy atom. The summed E-state index contributed by atoms with van der Waals surface area (Å²) in [5.41, 5.74) is 3.13. The van der Waals surface area contributed by atoms with E-state index in [-0.39, 0.29) is 20.5 Å². The number of phenolic OH excluding ortho intramolecular Hbond substituents is 1. The highest BCUT2D eigenvalue weighted by molar-refractivity contribution is 8.26. The minimum absolute atomic E-state index is 0.0248. The molecule has 1 aliphatic heterocycles. The number of nitrogens with zero attached hydrogens (tertiary/aromatic N) is 1. The van der Waals surface area contributed by atoms with Crippen LogP contribution in [0.1, 0.15) is 15.9 Å². The highest BCUT2D eigenvalue weighted by Gasteiger charge is 2.34. The van der Waals surface area contributed by atoms with Gasteiger partial charge in [0.2, 0.25) is 5.56 Å². The van der Waals surface area contributed by atoms with Crippen molar-refractivity contribution < 1.29 is 14.7 Å². The van der Waals surface area contributed by atoms with E-state index in [9.17, 15) is 19.5 Å². The molecule has 7 nitrogen and oxygen atoms in total. The van der Waals surface area contributed by atoms with Crippen molar-refractivity contribution in [2.24, 2.45) is 0 Å². The summed E-state index contributed by atoms with van der Waals surface area (Å²) in [7, 11) is 0. The van der Waals surface area contributed by atoms with Crippen molar-refractivity contribution in [2.45, 2.75) is 0 Å². The summed E-state index contributed by atoms with van der Waals surface area (Å²) in [5.74, 6) is -1.13. The molecule has 2 amide bonds. The third kappa shape index (κ3) is 3.65. The van der Waals surface area contributed by atoms with Gasteiger partial charge in [-0.3, -0.25) is 19.8 Å². The number of H-pyrrole nitrogens is 1. The molecule has 0 atom stereocenters. The third-order valence-electron chi connectivity index (χ3n) is 4.23. The highest BCUT2D eigenvalue weighted by atomic mass is 32.2. The topological polar surface area (TPSA) is 102 Å². The van der Waals surface area contributed by atoms with E-state index in [0.717, 1.165) is 16.8 Å². The molecule has 0 bridgehead atoms. The van der Waals surface area contributed by atoms with Gasteiger partial charge in [-0.05, 0) is 30.4 Å². The van der Waals surface area contributed by atoms with Gasteiger partial charge in [-0.25, -0.2) is 0 Å². The molecule has 1 fully saturated rings. The number of rotatable bonds is 3. The van der Waals surface area contributed by atoms with Gasteiger partial charge in [-0.15, -0.1) is 0 Å². The van der Waals surface area contributed by atoms with Crippen LogP contribution in [-0.2, 0) is 4.79 Å². The predicted molar refractivity (Wildman–Crippen MR) is 115 cm³/mol. The maximum absolute atomic E-state index is 12.8. The second-order valence-corrected chi connectivity index (χ2v) is 7.79. The van der Waals surface area contributed by atoms with Gasteiger partial charge in [0, 0.05) is 22.5 Å². The number of nitrogens with one attached hydrogen (secondary N) is 2. The van der Waals surface area contributed by atoms with Gasteiger partial charge in [0.05, 0.1) is 10.5 Å². The van der Waals surface area contributed by atoms with Crippen LogP contribution in [0.3, 0.4) is 0 Å². The molecular weight excluding hydrogens is 410 g/mol. The first-order valence-corrected chi connectivity index (χ1v) is 9.65. The number of carbonyl (C=O) groups excluding carboxylic acids is 2. The average Bonchev–Trinajstić information content (AvgIpc) is 2.96. The molecule has 0 spiro atoms. The van der Waals surface area contributed by atoms with Crippen LogP contribution in [0.15, 0.2) is 64.3 Å². The number of thiocarbonyl (C=S) groups is 1. The number of aromatic amines is 1. The van der Waals surface area contributed by atoms with Gasteiger partial charge in [-0.2, -0.15) is 5.01 Å². The summed E-state index contributed by atoms with van der Waals surface area (Å²) in [5, 5.41) is 11.4. The maximum Gasteiger partial charge on any atom is 0.285 e. The van der Waals surface area contributed by atoms with Crippen molar-refractivity contribution >= 4 is 57.1 Å². The summed E-state index contributed by atoms with van der Waals surface area (Å²) >= 11 is 6.22. The van der Waals surface area contributed by atoms with E-state index in [2.05, 4.69) is 10.4 Å². The van der Waals surface area contributed by atoms with Crippen molar-refractivity contribution in [3.63, 3.8) is 0 Å². The number of thioether (sulfide) groups is 1.